The van der Waals surface area contributed by atoms with Crippen LogP contribution in [0.15, 0.2) is 53.1 Å². The van der Waals surface area contributed by atoms with E-state index < -0.39 is 0 Å². The van der Waals surface area contributed by atoms with Gasteiger partial charge in [-0.15, -0.1) is 0 Å². The van der Waals surface area contributed by atoms with Gasteiger partial charge in [-0.25, -0.2) is 0 Å². The molecule has 0 spiro atoms. The summed E-state index contributed by atoms with van der Waals surface area (Å²) in [5.74, 6) is 1.99. The van der Waals surface area contributed by atoms with E-state index in [2.05, 4.69) is 11.2 Å². The summed E-state index contributed by atoms with van der Waals surface area (Å²) in [6.07, 6.45) is 1.27. The summed E-state index contributed by atoms with van der Waals surface area (Å²) in [4.78, 5) is 12.0. The number of fused-ring (bicyclic) bond motifs is 1. The summed E-state index contributed by atoms with van der Waals surface area (Å²) >= 11 is 0. The lowest BCUT2D eigenvalue weighted by Gasteiger charge is -2.04. The fourth-order valence-corrected chi connectivity index (χ4v) is 3.21. The molecule has 1 aliphatic rings. The molecule has 1 unspecified atom stereocenters. The quantitative estimate of drug-likeness (QED) is 0.604. The number of hydrogen-bond donors (Lipinski definition) is 0. The van der Waals surface area contributed by atoms with Crippen LogP contribution in [0.3, 0.4) is 0 Å². The Hall–Kier alpha value is -3.28. The normalized spacial score (nSPS) is 15.0. The maximum Gasteiger partial charge on any atom is 0.310 e. The lowest BCUT2D eigenvalue weighted by Crippen LogP contribution is -2.08. The van der Waals surface area contributed by atoms with Crippen LogP contribution in [-0.2, 0) is 29.0 Å². The van der Waals surface area contributed by atoms with Crippen molar-refractivity contribution in [2.24, 2.45) is 0 Å². The fraction of sp³-hybridized carbons (Fsp3) is 0.273. The number of aromatic nitrogens is 1. The first-order valence-corrected chi connectivity index (χ1v) is 9.15. The van der Waals surface area contributed by atoms with Crippen molar-refractivity contribution < 1.29 is 23.5 Å². The van der Waals surface area contributed by atoms with E-state index in [4.69, 9.17) is 18.7 Å². The minimum absolute atomic E-state index is 0.0730. The van der Waals surface area contributed by atoms with Gasteiger partial charge >= 0.3 is 5.97 Å². The molecule has 1 aromatic heterocycles. The predicted molar refractivity (Wildman–Crippen MR) is 102 cm³/mol. The molecule has 0 saturated carbocycles. The number of methoxy groups -OCH3 is 1. The van der Waals surface area contributed by atoms with Gasteiger partial charge in [0.1, 0.15) is 29.9 Å². The molecule has 0 radical (unpaired) electrons. The Bertz CT molecular complexity index is 977. The number of carbonyl (C=O) groups excluding carboxylic acids is 1. The van der Waals surface area contributed by atoms with Gasteiger partial charge in [0.15, 0.2) is 5.76 Å². The van der Waals surface area contributed by atoms with Gasteiger partial charge in [0.25, 0.3) is 0 Å². The Labute approximate surface area is 163 Å². The molecule has 3 aromatic rings. The van der Waals surface area contributed by atoms with E-state index in [1.54, 1.807) is 13.2 Å². The maximum absolute atomic E-state index is 12.0. The van der Waals surface area contributed by atoms with Gasteiger partial charge in [-0.3, -0.25) is 4.79 Å². The molecule has 0 bridgehead atoms. The van der Waals surface area contributed by atoms with E-state index in [-0.39, 0.29) is 25.1 Å². The molecule has 28 heavy (non-hydrogen) atoms. The van der Waals surface area contributed by atoms with Gasteiger partial charge in [0, 0.05) is 18.1 Å². The van der Waals surface area contributed by atoms with Crippen molar-refractivity contribution in [3.63, 3.8) is 0 Å². The smallest absolute Gasteiger partial charge is 0.310 e. The number of ether oxygens (including phenoxy) is 3. The highest BCUT2D eigenvalue weighted by atomic mass is 16.5. The Morgan fingerprint density at radius 1 is 1.18 bits per heavy atom. The second-order valence-corrected chi connectivity index (χ2v) is 6.82. The highest BCUT2D eigenvalue weighted by molar-refractivity contribution is 5.72. The summed E-state index contributed by atoms with van der Waals surface area (Å²) in [7, 11) is 1.60. The van der Waals surface area contributed by atoms with Crippen molar-refractivity contribution in [1.82, 2.24) is 5.16 Å². The van der Waals surface area contributed by atoms with Gasteiger partial charge in [-0.2, -0.15) is 0 Å². The summed E-state index contributed by atoms with van der Waals surface area (Å²) in [5.41, 5.74) is 3.53. The van der Waals surface area contributed by atoms with Crippen LogP contribution in [0, 0.1) is 0 Å². The van der Waals surface area contributed by atoms with Crippen molar-refractivity contribution in [2.45, 2.75) is 32.5 Å². The van der Waals surface area contributed by atoms with Gasteiger partial charge in [0.2, 0.25) is 0 Å². The van der Waals surface area contributed by atoms with Crippen molar-refractivity contribution >= 4 is 5.97 Å². The predicted octanol–water partition coefficient (Wildman–Crippen LogP) is 3.96. The Kier molecular flexibility index (Phi) is 5.02. The molecule has 4 rings (SSSR count). The third-order valence-electron chi connectivity index (χ3n) is 4.63. The molecular weight excluding hydrogens is 358 g/mol. The molecule has 0 N–H and O–H groups in total. The van der Waals surface area contributed by atoms with Gasteiger partial charge in [0.05, 0.1) is 13.5 Å². The first-order valence-electron chi connectivity index (χ1n) is 9.15. The molecular formula is C22H21NO5. The highest BCUT2D eigenvalue weighted by Crippen LogP contribution is 2.33. The minimum Gasteiger partial charge on any atom is -0.497 e. The molecule has 0 saturated heterocycles. The Morgan fingerprint density at radius 2 is 2.00 bits per heavy atom. The number of rotatable bonds is 6. The van der Waals surface area contributed by atoms with E-state index in [1.165, 1.54) is 0 Å². The molecule has 2 aromatic carbocycles. The number of hydrogen-bond acceptors (Lipinski definition) is 6. The number of nitrogens with zero attached hydrogens (tertiary/aromatic N) is 1. The van der Waals surface area contributed by atoms with Crippen molar-refractivity contribution in [1.29, 1.82) is 0 Å². The van der Waals surface area contributed by atoms with Crippen LogP contribution < -0.4 is 9.47 Å². The highest BCUT2D eigenvalue weighted by Gasteiger charge is 2.20. The van der Waals surface area contributed by atoms with Crippen LogP contribution in [0.5, 0.6) is 11.5 Å². The first-order chi connectivity index (χ1) is 13.6. The SMILES string of the molecule is COc1ccc(CC(=O)OCc2cc(-c3ccc4c(c3)CC(C)O4)on2)cc1. The minimum atomic E-state index is -0.321. The van der Waals surface area contributed by atoms with Gasteiger partial charge in [-0.1, -0.05) is 17.3 Å². The lowest BCUT2D eigenvalue weighted by molar-refractivity contribution is -0.144. The fourth-order valence-electron chi connectivity index (χ4n) is 3.21. The molecule has 6 nitrogen and oxygen atoms in total. The molecule has 1 atom stereocenters. The van der Waals surface area contributed by atoms with Crippen molar-refractivity contribution in [2.75, 3.05) is 7.11 Å². The molecule has 0 amide bonds. The number of carbonyl (C=O) groups is 1. The summed E-state index contributed by atoms with van der Waals surface area (Å²) in [6.45, 7) is 2.12. The van der Waals surface area contributed by atoms with Gasteiger partial charge < -0.3 is 18.7 Å². The van der Waals surface area contributed by atoms with E-state index in [0.29, 0.717) is 11.5 Å². The average molecular weight is 379 g/mol. The monoisotopic (exact) mass is 379 g/mol. The van der Waals surface area contributed by atoms with Crippen LogP contribution in [0.1, 0.15) is 23.7 Å². The average Bonchev–Trinajstić information content (AvgIpc) is 3.32. The summed E-state index contributed by atoms with van der Waals surface area (Å²) < 4.78 is 21.6. The van der Waals surface area contributed by atoms with Crippen molar-refractivity contribution in [3.8, 4) is 22.8 Å². The van der Waals surface area contributed by atoms with Crippen molar-refractivity contribution in [3.05, 3.63) is 65.4 Å². The Morgan fingerprint density at radius 3 is 2.79 bits per heavy atom. The van der Waals surface area contributed by atoms with Gasteiger partial charge in [-0.05, 0) is 48.4 Å². The van der Waals surface area contributed by atoms with E-state index in [1.807, 2.05) is 43.3 Å². The zero-order valence-corrected chi connectivity index (χ0v) is 15.8. The lowest BCUT2D eigenvalue weighted by atomic mass is 10.1. The Balaban J connectivity index is 1.34. The van der Waals surface area contributed by atoms with Crippen LogP contribution in [0.4, 0.5) is 0 Å². The third-order valence-corrected chi connectivity index (χ3v) is 4.63. The van der Waals surface area contributed by atoms with Crippen LogP contribution in [-0.4, -0.2) is 24.3 Å². The van der Waals surface area contributed by atoms with Crippen LogP contribution >= 0.6 is 0 Å². The summed E-state index contributed by atoms with van der Waals surface area (Å²) in [6, 6.07) is 15.0. The number of esters is 1. The molecule has 2 heterocycles. The summed E-state index contributed by atoms with van der Waals surface area (Å²) in [5, 5.41) is 4.00. The third kappa shape index (κ3) is 4.01. The molecule has 6 heteroatoms. The molecule has 144 valence electrons. The molecule has 0 fully saturated rings. The standard InChI is InChI=1S/C22H21NO5/c1-14-9-17-11-16(5-8-20(17)27-14)21-12-18(23-28-21)13-26-22(24)10-15-3-6-19(25-2)7-4-15/h3-8,11-12,14H,9-10,13H2,1-2H3. The topological polar surface area (TPSA) is 70.8 Å². The number of benzene rings is 2. The van der Waals surface area contributed by atoms with E-state index in [9.17, 15) is 4.79 Å². The molecule has 1 aliphatic heterocycles. The first kappa shape index (κ1) is 18.1. The maximum atomic E-state index is 12.0. The zero-order chi connectivity index (χ0) is 19.5. The zero-order valence-electron chi connectivity index (χ0n) is 15.8. The van der Waals surface area contributed by atoms with E-state index in [0.717, 1.165) is 34.6 Å². The second kappa shape index (κ2) is 7.76. The van der Waals surface area contributed by atoms with E-state index >= 15 is 0 Å². The largest absolute Gasteiger partial charge is 0.497 e. The second-order valence-electron chi connectivity index (χ2n) is 6.82. The van der Waals surface area contributed by atoms with Crippen LogP contribution in [0.25, 0.3) is 11.3 Å². The van der Waals surface area contributed by atoms with Crippen LogP contribution in [0.2, 0.25) is 0 Å². The molecule has 0 aliphatic carbocycles.